The van der Waals surface area contributed by atoms with Gasteiger partial charge < -0.3 is 10.1 Å². The monoisotopic (exact) mass is 290 g/mol. The Morgan fingerprint density at radius 3 is 2.65 bits per heavy atom. The van der Waals surface area contributed by atoms with Crippen LogP contribution in [0.3, 0.4) is 0 Å². The number of nitrogens with zero attached hydrogens (tertiary/aromatic N) is 1. The summed E-state index contributed by atoms with van der Waals surface area (Å²) < 4.78 is 5.77. The van der Waals surface area contributed by atoms with Crippen molar-refractivity contribution in [1.29, 1.82) is 0 Å². The van der Waals surface area contributed by atoms with E-state index in [1.54, 1.807) is 0 Å². The van der Waals surface area contributed by atoms with E-state index in [9.17, 15) is 0 Å². The lowest BCUT2D eigenvalue weighted by Crippen LogP contribution is -2.04. The third-order valence-corrected chi connectivity index (χ3v) is 3.47. The minimum absolute atomic E-state index is 0.362. The smallest absolute Gasteiger partial charge is 0.132 e. The normalized spacial score (nSPS) is 10.4. The average Bonchev–Trinajstić information content (AvgIpc) is 2.43. The highest BCUT2D eigenvalue weighted by atomic mass is 35.5. The predicted molar refractivity (Wildman–Crippen MR) is 83.7 cm³/mol. The SMILES string of the molecule is CCNc1ccc(Cl)c(COc2ccc(C)c(C)c2)n1. The molecular weight excluding hydrogens is 272 g/mol. The lowest BCUT2D eigenvalue weighted by molar-refractivity contribution is 0.301. The molecule has 0 fully saturated rings. The molecule has 1 N–H and O–H groups in total. The van der Waals surface area contributed by atoms with E-state index in [-0.39, 0.29) is 0 Å². The van der Waals surface area contributed by atoms with Gasteiger partial charge in [0.25, 0.3) is 0 Å². The minimum atomic E-state index is 0.362. The number of ether oxygens (including phenoxy) is 1. The maximum absolute atomic E-state index is 6.15. The third-order valence-electron chi connectivity index (χ3n) is 3.13. The van der Waals surface area contributed by atoms with Crippen LogP contribution in [0.4, 0.5) is 5.82 Å². The molecule has 0 saturated carbocycles. The van der Waals surface area contributed by atoms with Gasteiger partial charge >= 0.3 is 0 Å². The van der Waals surface area contributed by atoms with Gasteiger partial charge in [-0.25, -0.2) is 4.98 Å². The van der Waals surface area contributed by atoms with Crippen LogP contribution in [-0.4, -0.2) is 11.5 Å². The largest absolute Gasteiger partial charge is 0.487 e. The molecule has 2 aromatic rings. The van der Waals surface area contributed by atoms with Gasteiger partial charge in [-0.2, -0.15) is 0 Å². The number of hydrogen-bond acceptors (Lipinski definition) is 3. The summed E-state index contributed by atoms with van der Waals surface area (Å²) in [5.41, 5.74) is 3.20. The van der Waals surface area contributed by atoms with Crippen LogP contribution >= 0.6 is 11.6 Å². The van der Waals surface area contributed by atoms with Crippen LogP contribution in [-0.2, 0) is 6.61 Å². The zero-order chi connectivity index (χ0) is 14.5. The second-order valence-electron chi connectivity index (χ2n) is 4.69. The van der Waals surface area contributed by atoms with Crippen molar-refractivity contribution in [2.45, 2.75) is 27.4 Å². The van der Waals surface area contributed by atoms with Gasteiger partial charge in [0.15, 0.2) is 0 Å². The average molecular weight is 291 g/mol. The van der Waals surface area contributed by atoms with Crippen molar-refractivity contribution in [2.24, 2.45) is 0 Å². The molecular formula is C16H19ClN2O. The molecule has 0 saturated heterocycles. The molecule has 0 aliphatic rings. The van der Waals surface area contributed by atoms with Gasteiger partial charge in [0, 0.05) is 6.54 Å². The zero-order valence-electron chi connectivity index (χ0n) is 12.0. The molecule has 0 bridgehead atoms. The van der Waals surface area contributed by atoms with Crippen molar-refractivity contribution in [3.63, 3.8) is 0 Å². The molecule has 0 unspecified atom stereocenters. The van der Waals surface area contributed by atoms with Crippen LogP contribution in [0.15, 0.2) is 30.3 Å². The highest BCUT2D eigenvalue weighted by Crippen LogP contribution is 2.21. The van der Waals surface area contributed by atoms with Crippen molar-refractivity contribution >= 4 is 17.4 Å². The zero-order valence-corrected chi connectivity index (χ0v) is 12.8. The highest BCUT2D eigenvalue weighted by Gasteiger charge is 2.05. The Hall–Kier alpha value is -1.74. The molecule has 1 heterocycles. The molecule has 4 heteroatoms. The summed E-state index contributed by atoms with van der Waals surface area (Å²) in [5, 5.41) is 3.79. The Labute approximate surface area is 124 Å². The Kier molecular flexibility index (Phi) is 4.85. The number of halogens is 1. The van der Waals surface area contributed by atoms with Crippen LogP contribution < -0.4 is 10.1 Å². The van der Waals surface area contributed by atoms with Gasteiger partial charge in [0.05, 0.1) is 10.7 Å². The van der Waals surface area contributed by atoms with E-state index in [4.69, 9.17) is 16.3 Å². The Morgan fingerprint density at radius 1 is 1.15 bits per heavy atom. The molecule has 0 spiro atoms. The fraction of sp³-hybridized carbons (Fsp3) is 0.312. The topological polar surface area (TPSA) is 34.1 Å². The van der Waals surface area contributed by atoms with E-state index in [2.05, 4.69) is 30.2 Å². The van der Waals surface area contributed by atoms with Gasteiger partial charge in [-0.1, -0.05) is 17.7 Å². The summed E-state index contributed by atoms with van der Waals surface area (Å²) in [6.07, 6.45) is 0. The second kappa shape index (κ2) is 6.62. The standard InChI is InChI=1S/C16H19ClN2O/c1-4-18-16-8-7-14(17)15(19-16)10-20-13-6-5-11(2)12(3)9-13/h5-9H,4,10H2,1-3H3,(H,18,19). The first-order valence-corrected chi connectivity index (χ1v) is 7.07. The summed E-state index contributed by atoms with van der Waals surface area (Å²) in [5.74, 6) is 1.65. The van der Waals surface area contributed by atoms with E-state index in [1.807, 2.05) is 31.2 Å². The third kappa shape index (κ3) is 3.64. The minimum Gasteiger partial charge on any atom is -0.487 e. The Morgan fingerprint density at radius 2 is 1.95 bits per heavy atom. The highest BCUT2D eigenvalue weighted by molar-refractivity contribution is 6.31. The molecule has 20 heavy (non-hydrogen) atoms. The molecule has 0 atom stereocenters. The Balaban J connectivity index is 2.09. The number of aryl methyl sites for hydroxylation is 2. The van der Waals surface area contributed by atoms with Crippen molar-refractivity contribution in [3.05, 3.63) is 52.2 Å². The lowest BCUT2D eigenvalue weighted by Gasteiger charge is -2.10. The van der Waals surface area contributed by atoms with Crippen molar-refractivity contribution < 1.29 is 4.74 Å². The number of hydrogen-bond donors (Lipinski definition) is 1. The fourth-order valence-electron chi connectivity index (χ4n) is 1.82. The maximum Gasteiger partial charge on any atom is 0.132 e. The number of nitrogens with one attached hydrogen (secondary N) is 1. The molecule has 1 aromatic carbocycles. The van der Waals surface area contributed by atoms with Crippen molar-refractivity contribution in [3.8, 4) is 5.75 Å². The molecule has 1 aromatic heterocycles. The molecule has 0 amide bonds. The van der Waals surface area contributed by atoms with Gasteiger partial charge in [-0.05, 0) is 56.2 Å². The van der Waals surface area contributed by atoms with E-state index < -0.39 is 0 Å². The lowest BCUT2D eigenvalue weighted by atomic mass is 10.1. The summed E-state index contributed by atoms with van der Waals surface area (Å²) in [7, 11) is 0. The fourth-order valence-corrected chi connectivity index (χ4v) is 1.98. The maximum atomic E-state index is 6.15. The van der Waals surface area contributed by atoms with E-state index in [0.29, 0.717) is 11.6 Å². The van der Waals surface area contributed by atoms with Gasteiger partial charge in [0.1, 0.15) is 18.2 Å². The van der Waals surface area contributed by atoms with Crippen LogP contribution in [0.25, 0.3) is 0 Å². The molecule has 3 nitrogen and oxygen atoms in total. The number of rotatable bonds is 5. The van der Waals surface area contributed by atoms with Crippen LogP contribution in [0.2, 0.25) is 5.02 Å². The number of pyridine rings is 1. The number of aromatic nitrogens is 1. The first-order valence-electron chi connectivity index (χ1n) is 6.69. The van der Waals surface area contributed by atoms with E-state index >= 15 is 0 Å². The first kappa shape index (κ1) is 14.7. The molecule has 0 aliphatic carbocycles. The second-order valence-corrected chi connectivity index (χ2v) is 5.10. The van der Waals surface area contributed by atoms with Crippen LogP contribution in [0.5, 0.6) is 5.75 Å². The summed E-state index contributed by atoms with van der Waals surface area (Å²) in [4.78, 5) is 4.45. The van der Waals surface area contributed by atoms with Gasteiger partial charge in [-0.15, -0.1) is 0 Å². The molecule has 0 aliphatic heterocycles. The molecule has 106 valence electrons. The van der Waals surface area contributed by atoms with E-state index in [1.165, 1.54) is 11.1 Å². The van der Waals surface area contributed by atoms with E-state index in [0.717, 1.165) is 23.8 Å². The number of benzene rings is 1. The summed E-state index contributed by atoms with van der Waals surface area (Å²) >= 11 is 6.15. The van der Waals surface area contributed by atoms with Gasteiger partial charge in [-0.3, -0.25) is 0 Å². The number of anilines is 1. The molecule has 0 radical (unpaired) electrons. The summed E-state index contributed by atoms with van der Waals surface area (Å²) in [6, 6.07) is 9.74. The van der Waals surface area contributed by atoms with Gasteiger partial charge in [0.2, 0.25) is 0 Å². The van der Waals surface area contributed by atoms with Crippen LogP contribution in [0.1, 0.15) is 23.7 Å². The Bertz CT molecular complexity index is 599. The predicted octanol–water partition coefficient (Wildman–Crippen LogP) is 4.36. The summed E-state index contributed by atoms with van der Waals surface area (Å²) in [6.45, 7) is 7.37. The first-order chi connectivity index (χ1) is 9.60. The quantitative estimate of drug-likeness (QED) is 0.888. The van der Waals surface area contributed by atoms with Crippen molar-refractivity contribution in [1.82, 2.24) is 4.98 Å². The molecule has 2 rings (SSSR count). The van der Waals surface area contributed by atoms with Crippen molar-refractivity contribution in [2.75, 3.05) is 11.9 Å². The van der Waals surface area contributed by atoms with Crippen LogP contribution in [0, 0.1) is 13.8 Å².